The highest BCUT2D eigenvalue weighted by molar-refractivity contribution is 5.77. The Balaban J connectivity index is 2.42. The van der Waals surface area contributed by atoms with Crippen LogP contribution in [0.1, 0.15) is 46.0 Å². The smallest absolute Gasteiger partial charge is 0.188 e. The van der Waals surface area contributed by atoms with E-state index >= 15 is 0 Å². The lowest BCUT2D eigenvalue weighted by molar-refractivity contribution is 0.0907. The lowest BCUT2D eigenvalue weighted by Crippen LogP contribution is -2.37. The predicted octanol–water partition coefficient (Wildman–Crippen LogP) is 1.49. The predicted molar refractivity (Wildman–Crippen MR) is 71.9 cm³/mol. The van der Waals surface area contributed by atoms with E-state index in [-0.39, 0.29) is 12.0 Å². The first-order valence-corrected chi connectivity index (χ1v) is 6.73. The quantitative estimate of drug-likeness (QED) is 0.504. The summed E-state index contributed by atoms with van der Waals surface area (Å²) in [6.45, 7) is 6.00. The maximum Gasteiger partial charge on any atom is 0.188 e. The summed E-state index contributed by atoms with van der Waals surface area (Å²) >= 11 is 0. The van der Waals surface area contributed by atoms with E-state index in [2.05, 4.69) is 24.2 Å². The van der Waals surface area contributed by atoms with Crippen LogP contribution in [0.5, 0.6) is 0 Å². The molecule has 0 heterocycles. The Morgan fingerprint density at radius 3 is 2.53 bits per heavy atom. The second kappa shape index (κ2) is 6.84. The van der Waals surface area contributed by atoms with Crippen molar-refractivity contribution in [2.45, 2.75) is 46.0 Å². The van der Waals surface area contributed by atoms with Crippen molar-refractivity contribution in [2.24, 2.45) is 22.1 Å². The summed E-state index contributed by atoms with van der Waals surface area (Å²) in [7, 11) is 0. The summed E-state index contributed by atoms with van der Waals surface area (Å²) < 4.78 is 0. The molecule has 0 saturated heterocycles. The molecule has 4 N–H and O–H groups in total. The molecule has 0 aromatic rings. The molecule has 0 spiro atoms. The molecule has 0 radical (unpaired) electrons. The normalized spacial score (nSPS) is 20.6. The summed E-state index contributed by atoms with van der Waals surface area (Å²) in [4.78, 5) is 4.39. The Hall–Kier alpha value is -0.770. The van der Waals surface area contributed by atoms with E-state index < -0.39 is 0 Å². The number of guanidine groups is 1. The van der Waals surface area contributed by atoms with Gasteiger partial charge in [0.25, 0.3) is 0 Å². The summed E-state index contributed by atoms with van der Waals surface area (Å²) in [5.41, 5.74) is 5.80. The van der Waals surface area contributed by atoms with Gasteiger partial charge in [-0.3, -0.25) is 4.99 Å². The van der Waals surface area contributed by atoms with Gasteiger partial charge in [0.15, 0.2) is 5.96 Å². The number of rotatable bonds is 5. The van der Waals surface area contributed by atoms with E-state index in [1.165, 1.54) is 19.3 Å². The topological polar surface area (TPSA) is 70.6 Å². The number of aliphatic imine (C=N–C) groups is 1. The first kappa shape index (κ1) is 14.3. The van der Waals surface area contributed by atoms with Crippen molar-refractivity contribution in [1.29, 1.82) is 0 Å². The third-order valence-electron chi connectivity index (χ3n) is 3.53. The molecule has 1 aliphatic carbocycles. The molecule has 4 nitrogen and oxygen atoms in total. The fourth-order valence-corrected chi connectivity index (χ4v) is 2.29. The van der Waals surface area contributed by atoms with Gasteiger partial charge in [-0.15, -0.1) is 0 Å². The summed E-state index contributed by atoms with van der Waals surface area (Å²) in [5, 5.41) is 12.7. The molecule has 0 atom stereocenters. The average Bonchev–Trinajstić information content (AvgIpc) is 2.35. The number of hydrogen-bond donors (Lipinski definition) is 3. The highest BCUT2D eigenvalue weighted by Gasteiger charge is 2.31. The van der Waals surface area contributed by atoms with Crippen LogP contribution in [0.25, 0.3) is 0 Å². The van der Waals surface area contributed by atoms with Crippen LogP contribution in [0.3, 0.4) is 0 Å². The minimum Gasteiger partial charge on any atom is -0.396 e. The van der Waals surface area contributed by atoms with E-state index in [1.54, 1.807) is 0 Å². The van der Waals surface area contributed by atoms with Gasteiger partial charge in [-0.25, -0.2) is 0 Å². The fraction of sp³-hybridized carbons (Fsp3) is 0.923. The van der Waals surface area contributed by atoms with Crippen LogP contribution >= 0.6 is 0 Å². The van der Waals surface area contributed by atoms with Gasteiger partial charge in [-0.2, -0.15) is 0 Å². The number of aliphatic hydroxyl groups excluding tert-OH is 1. The molecule has 100 valence electrons. The lowest BCUT2D eigenvalue weighted by Gasteiger charge is -2.34. The van der Waals surface area contributed by atoms with E-state index in [9.17, 15) is 5.11 Å². The lowest BCUT2D eigenvalue weighted by atomic mass is 9.75. The molecule has 17 heavy (non-hydrogen) atoms. The van der Waals surface area contributed by atoms with E-state index in [4.69, 9.17) is 5.73 Å². The Morgan fingerprint density at radius 2 is 2.00 bits per heavy atom. The zero-order valence-corrected chi connectivity index (χ0v) is 11.2. The molecule has 1 saturated carbocycles. The molecule has 0 aromatic heterocycles. The van der Waals surface area contributed by atoms with Gasteiger partial charge in [0.05, 0.1) is 13.2 Å². The first-order chi connectivity index (χ1) is 8.08. The van der Waals surface area contributed by atoms with Crippen LogP contribution in [-0.2, 0) is 0 Å². The average molecular weight is 241 g/mol. The van der Waals surface area contributed by atoms with Crippen LogP contribution in [0, 0.1) is 11.3 Å². The summed E-state index contributed by atoms with van der Waals surface area (Å²) in [5.74, 6) is 1.07. The van der Waals surface area contributed by atoms with Gasteiger partial charge in [0, 0.05) is 12.0 Å². The van der Waals surface area contributed by atoms with Crippen LogP contribution in [0.4, 0.5) is 0 Å². The van der Waals surface area contributed by atoms with Gasteiger partial charge in [-0.1, -0.05) is 33.1 Å². The molecule has 0 unspecified atom stereocenters. The van der Waals surface area contributed by atoms with E-state index in [0.29, 0.717) is 18.4 Å². The first-order valence-electron chi connectivity index (χ1n) is 6.73. The van der Waals surface area contributed by atoms with Gasteiger partial charge in [0.1, 0.15) is 0 Å². The molecular formula is C13H27N3O. The molecule has 0 aliphatic heterocycles. The second-order valence-electron chi connectivity index (χ2n) is 5.69. The third-order valence-corrected chi connectivity index (χ3v) is 3.53. The number of nitrogens with zero attached hydrogens (tertiary/aromatic N) is 1. The fourth-order valence-electron chi connectivity index (χ4n) is 2.29. The Morgan fingerprint density at radius 1 is 1.35 bits per heavy atom. The standard InChI is InChI=1S/C13H27N3O/c1-11(2)8-15-12(14)16-9-13(10-17)6-4-3-5-7-13/h11,17H,3-10H2,1-2H3,(H3,14,15,16). The minimum absolute atomic E-state index is 0.0115. The van der Waals surface area contributed by atoms with Crippen LogP contribution in [0.15, 0.2) is 4.99 Å². The highest BCUT2D eigenvalue weighted by atomic mass is 16.3. The molecule has 0 aromatic carbocycles. The van der Waals surface area contributed by atoms with Crippen molar-refractivity contribution in [3.05, 3.63) is 0 Å². The van der Waals surface area contributed by atoms with Crippen LogP contribution in [-0.4, -0.2) is 30.8 Å². The summed E-state index contributed by atoms with van der Waals surface area (Å²) in [6, 6.07) is 0. The molecule has 0 bridgehead atoms. The maximum absolute atomic E-state index is 9.54. The number of aliphatic hydroxyl groups is 1. The Bertz CT molecular complexity index is 245. The van der Waals surface area contributed by atoms with Gasteiger partial charge >= 0.3 is 0 Å². The molecule has 1 rings (SSSR count). The van der Waals surface area contributed by atoms with Gasteiger partial charge in [0.2, 0.25) is 0 Å². The molecule has 1 fully saturated rings. The zero-order chi connectivity index (χ0) is 12.7. The molecule has 1 aliphatic rings. The van der Waals surface area contributed by atoms with E-state index in [1.807, 2.05) is 0 Å². The van der Waals surface area contributed by atoms with Gasteiger partial charge in [-0.05, 0) is 18.8 Å². The zero-order valence-electron chi connectivity index (χ0n) is 11.2. The van der Waals surface area contributed by atoms with Crippen molar-refractivity contribution in [2.75, 3.05) is 19.7 Å². The van der Waals surface area contributed by atoms with Crippen LogP contribution in [0.2, 0.25) is 0 Å². The van der Waals surface area contributed by atoms with Gasteiger partial charge < -0.3 is 16.2 Å². The number of hydrogen-bond acceptors (Lipinski definition) is 2. The largest absolute Gasteiger partial charge is 0.396 e. The minimum atomic E-state index is -0.0115. The SMILES string of the molecule is CC(C)CNC(N)=NCC1(CO)CCCCC1. The van der Waals surface area contributed by atoms with Crippen molar-refractivity contribution >= 4 is 5.96 Å². The highest BCUT2D eigenvalue weighted by Crippen LogP contribution is 2.35. The Kier molecular flexibility index (Phi) is 5.75. The monoisotopic (exact) mass is 241 g/mol. The maximum atomic E-state index is 9.54. The molecule has 4 heteroatoms. The van der Waals surface area contributed by atoms with Crippen molar-refractivity contribution in [3.63, 3.8) is 0 Å². The summed E-state index contributed by atoms with van der Waals surface area (Å²) in [6.07, 6.45) is 5.84. The second-order valence-corrected chi connectivity index (χ2v) is 5.69. The number of nitrogens with one attached hydrogen (secondary N) is 1. The van der Waals surface area contributed by atoms with Crippen LogP contribution < -0.4 is 11.1 Å². The van der Waals surface area contributed by atoms with Crippen molar-refractivity contribution in [1.82, 2.24) is 5.32 Å². The third kappa shape index (κ3) is 4.94. The van der Waals surface area contributed by atoms with Crippen molar-refractivity contribution in [3.8, 4) is 0 Å². The molecular weight excluding hydrogens is 214 g/mol. The Labute approximate surface area is 105 Å². The van der Waals surface area contributed by atoms with Crippen molar-refractivity contribution < 1.29 is 5.11 Å². The number of nitrogens with two attached hydrogens (primary N) is 1. The molecule has 0 amide bonds. The van der Waals surface area contributed by atoms with E-state index in [0.717, 1.165) is 19.4 Å².